The average molecular weight is 402 g/mol. The topological polar surface area (TPSA) is 117 Å². The first-order chi connectivity index (χ1) is 13.5. The highest BCUT2D eigenvalue weighted by Gasteiger charge is 2.16. The number of ether oxygens (including phenoxy) is 2. The number of anilines is 1. The Hall–Kier alpha value is -2.85. The summed E-state index contributed by atoms with van der Waals surface area (Å²) in [7, 11) is 1.59. The normalized spacial score (nSPS) is 11.0. The number of thiol groups is 1. The molecule has 0 spiro atoms. The molecule has 0 aliphatic rings. The highest BCUT2D eigenvalue weighted by molar-refractivity contribution is 7.80. The second kappa shape index (κ2) is 8.89. The quantitative estimate of drug-likeness (QED) is 0.385. The third-order valence-corrected chi connectivity index (χ3v) is 4.35. The molecule has 1 amide bonds. The van der Waals surface area contributed by atoms with Crippen LogP contribution in [0, 0.1) is 0 Å². The summed E-state index contributed by atoms with van der Waals surface area (Å²) in [6.07, 6.45) is 0. The number of amides is 1. The first-order valence-corrected chi connectivity index (χ1v) is 9.09. The van der Waals surface area contributed by atoms with Crippen molar-refractivity contribution in [3.8, 4) is 6.01 Å². The average Bonchev–Trinajstić information content (AvgIpc) is 2.98. The molecule has 0 atom stereocenters. The third-order valence-electron chi connectivity index (χ3n) is 4.00. The van der Waals surface area contributed by atoms with E-state index in [1.807, 2.05) is 28.8 Å². The monoisotopic (exact) mass is 402 g/mol. The molecule has 10 heteroatoms. The summed E-state index contributed by atoms with van der Waals surface area (Å²) in [5.41, 5.74) is 9.08. The number of nitrogens with one attached hydrogen (secondary N) is 1. The lowest BCUT2D eigenvalue weighted by molar-refractivity contribution is -0.119. The van der Waals surface area contributed by atoms with Gasteiger partial charge in [0.2, 0.25) is 5.91 Å². The van der Waals surface area contributed by atoms with Gasteiger partial charge in [0, 0.05) is 20.6 Å². The largest absolute Gasteiger partial charge is 0.461 e. The molecule has 0 saturated carbocycles. The number of nitrogen functional groups attached to an aromatic ring is 1. The van der Waals surface area contributed by atoms with Gasteiger partial charge in [-0.2, -0.15) is 9.97 Å². The molecule has 0 saturated heterocycles. The summed E-state index contributed by atoms with van der Waals surface area (Å²) in [5, 5.41) is 3.25. The van der Waals surface area contributed by atoms with E-state index in [-0.39, 0.29) is 17.7 Å². The molecule has 0 fully saturated rings. The van der Waals surface area contributed by atoms with Crippen LogP contribution < -0.4 is 15.8 Å². The fraction of sp³-hybridized carbons (Fsp3) is 0.333. The molecular formula is C18H22N6O3S. The number of fused-ring (bicyclic) bond motifs is 1. The van der Waals surface area contributed by atoms with Gasteiger partial charge in [-0.25, -0.2) is 4.98 Å². The number of aromatic nitrogens is 4. The van der Waals surface area contributed by atoms with E-state index in [1.54, 1.807) is 7.11 Å². The summed E-state index contributed by atoms with van der Waals surface area (Å²) < 4.78 is 12.3. The van der Waals surface area contributed by atoms with Crippen LogP contribution in [0.1, 0.15) is 18.1 Å². The van der Waals surface area contributed by atoms with E-state index >= 15 is 0 Å². The van der Waals surface area contributed by atoms with Crippen molar-refractivity contribution >= 4 is 35.5 Å². The lowest BCUT2D eigenvalue weighted by atomic mass is 10.1. The Bertz CT molecular complexity index is 974. The van der Waals surface area contributed by atoms with Crippen molar-refractivity contribution in [2.75, 3.05) is 26.1 Å². The lowest BCUT2D eigenvalue weighted by Gasteiger charge is -2.09. The Morgan fingerprint density at radius 2 is 1.89 bits per heavy atom. The zero-order valence-electron chi connectivity index (χ0n) is 15.7. The lowest BCUT2D eigenvalue weighted by Crippen LogP contribution is -2.18. The van der Waals surface area contributed by atoms with Gasteiger partial charge in [-0.15, -0.1) is 12.6 Å². The SMILES string of the molecule is COCCOc1nc(N)c2nc(S)n(Cc3ccc(CNC(C)=O)cc3)c2n1. The Kier molecular flexibility index (Phi) is 6.32. The van der Waals surface area contributed by atoms with Gasteiger partial charge >= 0.3 is 6.01 Å². The van der Waals surface area contributed by atoms with Gasteiger partial charge in [0.25, 0.3) is 0 Å². The number of methoxy groups -OCH3 is 1. The molecule has 2 aromatic heterocycles. The number of benzene rings is 1. The van der Waals surface area contributed by atoms with Crippen LogP contribution in [0.3, 0.4) is 0 Å². The molecule has 0 bridgehead atoms. The molecule has 0 aliphatic carbocycles. The minimum Gasteiger partial charge on any atom is -0.461 e. The van der Waals surface area contributed by atoms with Crippen molar-refractivity contribution in [1.29, 1.82) is 0 Å². The maximum Gasteiger partial charge on any atom is 0.320 e. The van der Waals surface area contributed by atoms with Crippen LogP contribution in [0.25, 0.3) is 11.2 Å². The van der Waals surface area contributed by atoms with Crippen molar-refractivity contribution < 1.29 is 14.3 Å². The van der Waals surface area contributed by atoms with Crippen molar-refractivity contribution in [3.63, 3.8) is 0 Å². The zero-order chi connectivity index (χ0) is 20.1. The summed E-state index contributed by atoms with van der Waals surface area (Å²) in [5.74, 6) is 0.173. The van der Waals surface area contributed by atoms with Gasteiger partial charge in [-0.3, -0.25) is 9.36 Å². The van der Waals surface area contributed by atoms with E-state index in [0.29, 0.717) is 42.6 Å². The number of rotatable bonds is 8. The summed E-state index contributed by atoms with van der Waals surface area (Å²) in [4.78, 5) is 23.9. The van der Waals surface area contributed by atoms with E-state index in [2.05, 4.69) is 32.9 Å². The van der Waals surface area contributed by atoms with E-state index in [1.165, 1.54) is 6.92 Å². The predicted octanol–water partition coefficient (Wildman–Crippen LogP) is 1.41. The van der Waals surface area contributed by atoms with Crippen molar-refractivity contribution in [3.05, 3.63) is 35.4 Å². The number of nitrogens with zero attached hydrogens (tertiary/aromatic N) is 4. The van der Waals surface area contributed by atoms with E-state index < -0.39 is 0 Å². The maximum atomic E-state index is 11.0. The van der Waals surface area contributed by atoms with E-state index in [0.717, 1.165) is 11.1 Å². The number of hydrogen-bond acceptors (Lipinski definition) is 8. The second-order valence-corrected chi connectivity index (χ2v) is 6.53. The van der Waals surface area contributed by atoms with Gasteiger partial charge in [-0.05, 0) is 11.1 Å². The van der Waals surface area contributed by atoms with Gasteiger partial charge in [0.15, 0.2) is 22.1 Å². The molecule has 28 heavy (non-hydrogen) atoms. The summed E-state index contributed by atoms with van der Waals surface area (Å²) >= 11 is 4.45. The van der Waals surface area contributed by atoms with E-state index in [9.17, 15) is 4.79 Å². The fourth-order valence-electron chi connectivity index (χ4n) is 2.59. The maximum absolute atomic E-state index is 11.0. The molecule has 1 aromatic carbocycles. The van der Waals surface area contributed by atoms with Gasteiger partial charge in [0.05, 0.1) is 13.2 Å². The molecule has 9 nitrogen and oxygen atoms in total. The van der Waals surface area contributed by atoms with Crippen molar-refractivity contribution in [1.82, 2.24) is 24.8 Å². The molecule has 3 rings (SSSR count). The fourth-order valence-corrected chi connectivity index (χ4v) is 2.85. The number of carbonyl (C=O) groups is 1. The van der Waals surface area contributed by atoms with E-state index in [4.69, 9.17) is 15.2 Å². The Labute approximate surface area is 167 Å². The zero-order valence-corrected chi connectivity index (χ0v) is 16.6. The molecular weight excluding hydrogens is 380 g/mol. The predicted molar refractivity (Wildman–Crippen MR) is 107 cm³/mol. The second-order valence-electron chi connectivity index (χ2n) is 6.13. The van der Waals surface area contributed by atoms with Crippen LogP contribution in [0.5, 0.6) is 6.01 Å². The molecule has 148 valence electrons. The molecule has 0 unspecified atom stereocenters. The molecule has 0 radical (unpaired) electrons. The third kappa shape index (κ3) is 4.70. The highest BCUT2D eigenvalue weighted by Crippen LogP contribution is 2.24. The Morgan fingerprint density at radius 1 is 1.18 bits per heavy atom. The molecule has 3 N–H and O–H groups in total. The first kappa shape index (κ1) is 19.9. The summed E-state index contributed by atoms with van der Waals surface area (Å²) in [6.45, 7) is 3.23. The smallest absolute Gasteiger partial charge is 0.320 e. The Morgan fingerprint density at radius 3 is 2.57 bits per heavy atom. The summed E-state index contributed by atoms with van der Waals surface area (Å²) in [6, 6.07) is 8.06. The van der Waals surface area contributed by atoms with Crippen LogP contribution in [0.15, 0.2) is 29.4 Å². The van der Waals surface area contributed by atoms with Crippen LogP contribution in [-0.4, -0.2) is 45.7 Å². The molecule has 0 aliphatic heterocycles. The molecule has 3 aromatic rings. The van der Waals surface area contributed by atoms with Crippen LogP contribution in [0.2, 0.25) is 0 Å². The standard InChI is InChI=1S/C18H22N6O3S/c1-11(25)20-9-12-3-5-13(6-4-12)10-24-16-14(21-18(24)28)15(19)22-17(23-16)27-8-7-26-2/h3-6H,7-10H2,1-2H3,(H,20,25)(H,21,28)(H2,19,22,23). The first-order valence-electron chi connectivity index (χ1n) is 8.64. The van der Waals surface area contributed by atoms with Crippen LogP contribution in [0.4, 0.5) is 5.82 Å². The Balaban J connectivity index is 1.83. The number of carbonyl (C=O) groups excluding carboxylic acids is 1. The van der Waals surface area contributed by atoms with Crippen LogP contribution in [-0.2, 0) is 22.6 Å². The van der Waals surface area contributed by atoms with Gasteiger partial charge in [-0.1, -0.05) is 24.3 Å². The highest BCUT2D eigenvalue weighted by atomic mass is 32.1. The number of nitrogens with two attached hydrogens (primary N) is 1. The minimum absolute atomic E-state index is 0.0607. The minimum atomic E-state index is -0.0607. The number of imidazole rings is 1. The van der Waals surface area contributed by atoms with Crippen molar-refractivity contribution in [2.45, 2.75) is 25.2 Å². The molecule has 2 heterocycles. The van der Waals surface area contributed by atoms with Gasteiger partial charge in [0.1, 0.15) is 6.61 Å². The van der Waals surface area contributed by atoms with Crippen LogP contribution >= 0.6 is 12.6 Å². The van der Waals surface area contributed by atoms with Crippen molar-refractivity contribution in [2.24, 2.45) is 0 Å². The number of hydrogen-bond donors (Lipinski definition) is 3. The van der Waals surface area contributed by atoms with Gasteiger partial charge < -0.3 is 20.5 Å².